The summed E-state index contributed by atoms with van der Waals surface area (Å²) in [7, 11) is 1.75. The van der Waals surface area contributed by atoms with Gasteiger partial charge in [0.15, 0.2) is 6.61 Å². The first-order valence-corrected chi connectivity index (χ1v) is 9.44. The molecule has 1 aromatic carbocycles. The zero-order valence-electron chi connectivity index (χ0n) is 15.9. The summed E-state index contributed by atoms with van der Waals surface area (Å²) in [6, 6.07) is 9.18. The molecule has 0 unspecified atom stereocenters. The molecule has 1 saturated carbocycles. The van der Waals surface area contributed by atoms with Crippen molar-refractivity contribution in [3.05, 3.63) is 58.5 Å². The minimum absolute atomic E-state index is 0.156. The number of carbonyl (C=O) groups is 2. The van der Waals surface area contributed by atoms with Crippen molar-refractivity contribution in [3.8, 4) is 5.69 Å². The summed E-state index contributed by atoms with van der Waals surface area (Å²) >= 11 is 0. The first-order valence-electron chi connectivity index (χ1n) is 9.44. The van der Waals surface area contributed by atoms with Gasteiger partial charge in [-0.3, -0.25) is 19.1 Å². The third-order valence-corrected chi connectivity index (χ3v) is 5.75. The standard InChI is InChI=1S/C21H23N3O4/c1-13-19(20(26)24(23(13)2)16-6-4-3-5-7-16)22-18(25)12-28-21(27)17-11-14-8-9-15(17)10-14/h3-9,14-15,17H,10-12H2,1-2H3,(H,22,25)/t14-,15+,17+/m1/s1. The van der Waals surface area contributed by atoms with Crippen molar-refractivity contribution in [2.45, 2.75) is 19.8 Å². The summed E-state index contributed by atoms with van der Waals surface area (Å²) in [4.78, 5) is 37.3. The average Bonchev–Trinajstić information content (AvgIpc) is 3.38. The zero-order valence-corrected chi connectivity index (χ0v) is 15.9. The summed E-state index contributed by atoms with van der Waals surface area (Å²) in [5.41, 5.74) is 1.18. The van der Waals surface area contributed by atoms with Crippen LogP contribution in [0.3, 0.4) is 0 Å². The number of amides is 1. The van der Waals surface area contributed by atoms with Gasteiger partial charge in [-0.25, -0.2) is 4.68 Å². The predicted molar refractivity (Wildman–Crippen MR) is 104 cm³/mol. The van der Waals surface area contributed by atoms with Gasteiger partial charge in [0.05, 0.1) is 17.3 Å². The van der Waals surface area contributed by atoms with Crippen molar-refractivity contribution in [2.24, 2.45) is 24.8 Å². The molecular weight excluding hydrogens is 358 g/mol. The first-order chi connectivity index (χ1) is 13.5. The summed E-state index contributed by atoms with van der Waals surface area (Å²) in [5, 5.41) is 2.61. The Labute approximate surface area is 162 Å². The Bertz CT molecular complexity index is 1000. The maximum Gasteiger partial charge on any atom is 0.310 e. The van der Waals surface area contributed by atoms with Gasteiger partial charge in [0.25, 0.3) is 11.5 Å². The normalized spacial score (nSPS) is 22.4. The number of benzene rings is 1. The van der Waals surface area contributed by atoms with E-state index in [1.54, 1.807) is 18.7 Å². The minimum Gasteiger partial charge on any atom is -0.455 e. The van der Waals surface area contributed by atoms with E-state index in [9.17, 15) is 14.4 Å². The molecule has 1 fully saturated rings. The fourth-order valence-electron chi connectivity index (χ4n) is 4.18. The highest BCUT2D eigenvalue weighted by Crippen LogP contribution is 2.43. The van der Waals surface area contributed by atoms with Crippen LogP contribution in [0.1, 0.15) is 18.5 Å². The monoisotopic (exact) mass is 381 g/mol. The number of esters is 1. The maximum absolute atomic E-state index is 12.8. The fourth-order valence-corrected chi connectivity index (χ4v) is 4.18. The number of nitrogens with one attached hydrogen (secondary N) is 1. The van der Waals surface area contributed by atoms with Crippen LogP contribution >= 0.6 is 0 Å². The van der Waals surface area contributed by atoms with E-state index in [0.29, 0.717) is 17.3 Å². The van der Waals surface area contributed by atoms with Crippen molar-refractivity contribution in [3.63, 3.8) is 0 Å². The van der Waals surface area contributed by atoms with E-state index in [1.165, 1.54) is 4.68 Å². The molecule has 7 nitrogen and oxygen atoms in total. The van der Waals surface area contributed by atoms with Gasteiger partial charge in [-0.15, -0.1) is 0 Å². The van der Waals surface area contributed by atoms with Crippen molar-refractivity contribution in [1.29, 1.82) is 0 Å². The molecule has 2 aliphatic rings. The van der Waals surface area contributed by atoms with E-state index in [1.807, 2.05) is 30.3 Å². The molecule has 2 aromatic rings. The van der Waals surface area contributed by atoms with Gasteiger partial charge in [-0.05, 0) is 43.7 Å². The lowest BCUT2D eigenvalue weighted by Gasteiger charge is -2.16. The molecule has 1 N–H and O–H groups in total. The van der Waals surface area contributed by atoms with Crippen LogP contribution in [0.25, 0.3) is 5.69 Å². The van der Waals surface area contributed by atoms with Gasteiger partial charge in [0.1, 0.15) is 5.69 Å². The number of fused-ring (bicyclic) bond motifs is 2. The molecule has 0 radical (unpaired) electrons. The molecule has 28 heavy (non-hydrogen) atoms. The molecular formula is C21H23N3O4. The molecule has 1 aromatic heterocycles. The van der Waals surface area contributed by atoms with E-state index in [0.717, 1.165) is 12.8 Å². The van der Waals surface area contributed by atoms with Crippen molar-refractivity contribution in [1.82, 2.24) is 9.36 Å². The van der Waals surface area contributed by atoms with Crippen LogP contribution in [0.2, 0.25) is 0 Å². The Morgan fingerprint density at radius 3 is 2.57 bits per heavy atom. The second-order valence-electron chi connectivity index (χ2n) is 7.48. The van der Waals surface area contributed by atoms with E-state index in [-0.39, 0.29) is 29.1 Å². The second-order valence-corrected chi connectivity index (χ2v) is 7.48. The Hall–Kier alpha value is -3.09. The number of rotatable bonds is 5. The van der Waals surface area contributed by atoms with Crippen LogP contribution in [0.4, 0.5) is 5.69 Å². The number of hydrogen-bond donors (Lipinski definition) is 1. The number of nitrogens with zero attached hydrogens (tertiary/aromatic N) is 2. The van der Waals surface area contributed by atoms with Gasteiger partial charge < -0.3 is 10.1 Å². The Balaban J connectivity index is 1.43. The molecule has 0 spiro atoms. The third-order valence-electron chi connectivity index (χ3n) is 5.75. The topological polar surface area (TPSA) is 82.3 Å². The smallest absolute Gasteiger partial charge is 0.310 e. The first kappa shape index (κ1) is 18.3. The number of anilines is 1. The van der Waals surface area contributed by atoms with Crippen LogP contribution < -0.4 is 10.9 Å². The highest BCUT2D eigenvalue weighted by molar-refractivity contribution is 5.93. The van der Waals surface area contributed by atoms with Gasteiger partial charge in [0, 0.05) is 7.05 Å². The SMILES string of the molecule is Cc1c(NC(=O)COC(=O)[C@H]2C[C@@H]3C=C[C@H]2C3)c(=O)n(-c2ccccc2)n1C. The van der Waals surface area contributed by atoms with Gasteiger partial charge in [0.2, 0.25) is 0 Å². The third kappa shape index (κ3) is 3.17. The number of aromatic nitrogens is 2. The summed E-state index contributed by atoms with van der Waals surface area (Å²) in [5.74, 6) is -0.317. The van der Waals surface area contributed by atoms with Crippen LogP contribution in [0, 0.1) is 24.7 Å². The van der Waals surface area contributed by atoms with Crippen molar-refractivity contribution in [2.75, 3.05) is 11.9 Å². The predicted octanol–water partition coefficient (Wildman–Crippen LogP) is 2.18. The summed E-state index contributed by atoms with van der Waals surface area (Å²) in [6.07, 6.45) is 6.01. The molecule has 146 valence electrons. The Morgan fingerprint density at radius 1 is 1.18 bits per heavy atom. The molecule has 2 bridgehead atoms. The molecule has 0 saturated heterocycles. The Morgan fingerprint density at radius 2 is 1.93 bits per heavy atom. The highest BCUT2D eigenvalue weighted by atomic mass is 16.5. The molecule has 0 aliphatic heterocycles. The van der Waals surface area contributed by atoms with Gasteiger partial charge in [-0.1, -0.05) is 30.4 Å². The molecule has 7 heteroatoms. The second kappa shape index (κ2) is 7.14. The number of allylic oxidation sites excluding steroid dienone is 2. The van der Waals surface area contributed by atoms with E-state index < -0.39 is 12.5 Å². The lowest BCUT2D eigenvalue weighted by atomic mass is 9.94. The minimum atomic E-state index is -0.516. The molecule has 1 amide bonds. The summed E-state index contributed by atoms with van der Waals surface area (Å²) < 4.78 is 8.38. The largest absolute Gasteiger partial charge is 0.455 e. The van der Waals surface area contributed by atoms with Crippen molar-refractivity contribution >= 4 is 17.6 Å². The van der Waals surface area contributed by atoms with Crippen LogP contribution in [0.5, 0.6) is 0 Å². The molecule has 1 heterocycles. The van der Waals surface area contributed by atoms with Crippen LogP contribution in [0.15, 0.2) is 47.3 Å². The number of para-hydroxylation sites is 1. The van der Waals surface area contributed by atoms with E-state index >= 15 is 0 Å². The lowest BCUT2D eigenvalue weighted by molar-refractivity contribution is -0.152. The van der Waals surface area contributed by atoms with Crippen molar-refractivity contribution < 1.29 is 14.3 Å². The average molecular weight is 381 g/mol. The number of hydrogen-bond acceptors (Lipinski definition) is 4. The van der Waals surface area contributed by atoms with E-state index in [4.69, 9.17) is 4.74 Å². The van der Waals surface area contributed by atoms with E-state index in [2.05, 4.69) is 17.5 Å². The Kier molecular flexibility index (Phi) is 4.66. The maximum atomic E-state index is 12.8. The molecule has 2 aliphatic carbocycles. The van der Waals surface area contributed by atoms with Gasteiger partial charge >= 0.3 is 5.97 Å². The molecule has 3 atom stereocenters. The number of ether oxygens (including phenoxy) is 1. The van der Waals surface area contributed by atoms with Crippen LogP contribution in [-0.4, -0.2) is 27.8 Å². The lowest BCUT2D eigenvalue weighted by Crippen LogP contribution is -2.28. The fraction of sp³-hybridized carbons (Fsp3) is 0.381. The summed E-state index contributed by atoms with van der Waals surface area (Å²) in [6.45, 7) is 1.36. The molecule has 4 rings (SSSR count). The van der Waals surface area contributed by atoms with Gasteiger partial charge in [-0.2, -0.15) is 0 Å². The van der Waals surface area contributed by atoms with Crippen LogP contribution in [-0.2, 0) is 21.4 Å². The zero-order chi connectivity index (χ0) is 19.8. The highest BCUT2D eigenvalue weighted by Gasteiger charge is 2.40. The number of carbonyl (C=O) groups excluding carboxylic acids is 2. The quantitative estimate of drug-likeness (QED) is 0.636.